The van der Waals surface area contributed by atoms with Crippen molar-refractivity contribution in [3.63, 3.8) is 0 Å². The summed E-state index contributed by atoms with van der Waals surface area (Å²) < 4.78 is 24.8. The number of fused-ring (bicyclic) bond motifs is 1. The van der Waals surface area contributed by atoms with Gasteiger partial charge in [0.15, 0.2) is 11.5 Å². The van der Waals surface area contributed by atoms with E-state index in [1.54, 1.807) is 17.0 Å². The van der Waals surface area contributed by atoms with E-state index in [9.17, 15) is 9.18 Å². The van der Waals surface area contributed by atoms with Gasteiger partial charge in [0.25, 0.3) is 0 Å². The van der Waals surface area contributed by atoms with Crippen molar-refractivity contribution >= 4 is 5.91 Å². The van der Waals surface area contributed by atoms with Gasteiger partial charge in [-0.05, 0) is 61.7 Å². The minimum atomic E-state index is -0.269. The lowest BCUT2D eigenvalue weighted by atomic mass is 10.0. The first-order chi connectivity index (χ1) is 14.5. The van der Waals surface area contributed by atoms with Gasteiger partial charge < -0.3 is 14.4 Å². The van der Waals surface area contributed by atoms with Gasteiger partial charge in [0.1, 0.15) is 5.82 Å². The van der Waals surface area contributed by atoms with Crippen LogP contribution in [-0.2, 0) is 4.79 Å². The number of benzene rings is 2. The van der Waals surface area contributed by atoms with E-state index in [1.807, 2.05) is 20.0 Å². The first kappa shape index (κ1) is 20.7. The van der Waals surface area contributed by atoms with Gasteiger partial charge in [-0.3, -0.25) is 9.69 Å². The van der Waals surface area contributed by atoms with Crippen LogP contribution >= 0.6 is 0 Å². The predicted octanol–water partition coefficient (Wildman–Crippen LogP) is 4.34. The molecule has 0 saturated carbocycles. The highest BCUT2D eigenvalue weighted by Crippen LogP contribution is 2.38. The molecule has 2 aliphatic rings. The van der Waals surface area contributed by atoms with Crippen LogP contribution in [0.25, 0.3) is 0 Å². The number of hydrogen-bond donors (Lipinski definition) is 0. The second-order valence-corrected chi connectivity index (χ2v) is 8.12. The van der Waals surface area contributed by atoms with Crippen molar-refractivity contribution in [3.8, 4) is 11.5 Å². The Morgan fingerprint density at radius 1 is 1.13 bits per heavy atom. The van der Waals surface area contributed by atoms with Gasteiger partial charge in [-0.25, -0.2) is 4.39 Å². The van der Waals surface area contributed by atoms with Crippen LogP contribution in [0, 0.1) is 5.82 Å². The van der Waals surface area contributed by atoms with Gasteiger partial charge in [0.05, 0.1) is 25.8 Å². The van der Waals surface area contributed by atoms with E-state index in [-0.39, 0.29) is 23.8 Å². The molecule has 160 valence electrons. The molecule has 4 rings (SSSR count). The van der Waals surface area contributed by atoms with Crippen molar-refractivity contribution in [1.29, 1.82) is 0 Å². The largest absolute Gasteiger partial charge is 0.490 e. The zero-order valence-corrected chi connectivity index (χ0v) is 17.6. The summed E-state index contributed by atoms with van der Waals surface area (Å²) in [4.78, 5) is 17.0. The van der Waals surface area contributed by atoms with Gasteiger partial charge in [-0.15, -0.1) is 0 Å². The Labute approximate surface area is 177 Å². The van der Waals surface area contributed by atoms with E-state index in [0.29, 0.717) is 19.8 Å². The number of halogens is 1. The SMILES string of the molecule is C[C@H](c1ccc(F)cc1)N(C)C(=O)CN1CCC[C@H]1c1ccc2c(c1)OCCCO2. The number of likely N-dealkylation sites (N-methyl/N-ethyl adjacent to an activating group) is 1. The van der Waals surface area contributed by atoms with E-state index in [2.05, 4.69) is 17.0 Å². The summed E-state index contributed by atoms with van der Waals surface area (Å²) in [6, 6.07) is 12.6. The van der Waals surface area contributed by atoms with E-state index in [0.717, 1.165) is 42.9 Å². The fourth-order valence-electron chi connectivity index (χ4n) is 4.25. The molecule has 5 nitrogen and oxygen atoms in total. The number of rotatable bonds is 5. The predicted molar refractivity (Wildman–Crippen MR) is 113 cm³/mol. The first-order valence-corrected chi connectivity index (χ1v) is 10.7. The van der Waals surface area contributed by atoms with Crippen molar-refractivity contribution in [1.82, 2.24) is 9.80 Å². The third-order valence-corrected chi connectivity index (χ3v) is 6.19. The second kappa shape index (κ2) is 9.04. The highest BCUT2D eigenvalue weighted by atomic mass is 19.1. The highest BCUT2D eigenvalue weighted by Gasteiger charge is 2.30. The van der Waals surface area contributed by atoms with Crippen LogP contribution in [0.3, 0.4) is 0 Å². The number of likely N-dealkylation sites (tertiary alicyclic amines) is 1. The van der Waals surface area contributed by atoms with Gasteiger partial charge in [-0.1, -0.05) is 18.2 Å². The van der Waals surface area contributed by atoms with Gasteiger partial charge >= 0.3 is 0 Å². The molecule has 2 aromatic carbocycles. The fraction of sp³-hybridized carbons (Fsp3) is 0.458. The Morgan fingerprint density at radius 2 is 1.87 bits per heavy atom. The van der Waals surface area contributed by atoms with E-state index in [1.165, 1.54) is 17.7 Å². The Balaban J connectivity index is 1.44. The molecule has 1 saturated heterocycles. The third kappa shape index (κ3) is 4.43. The first-order valence-electron chi connectivity index (χ1n) is 10.7. The molecule has 30 heavy (non-hydrogen) atoms. The summed E-state index contributed by atoms with van der Waals surface area (Å²) in [5.74, 6) is 1.39. The van der Waals surface area contributed by atoms with Crippen LogP contribution in [0.4, 0.5) is 4.39 Å². The molecule has 2 heterocycles. The second-order valence-electron chi connectivity index (χ2n) is 8.12. The molecule has 2 aliphatic heterocycles. The van der Waals surface area contributed by atoms with Crippen LogP contribution in [-0.4, -0.2) is 49.1 Å². The van der Waals surface area contributed by atoms with Crippen molar-refractivity contribution in [2.45, 2.75) is 38.3 Å². The zero-order chi connectivity index (χ0) is 21.1. The molecule has 0 aromatic heterocycles. The maximum absolute atomic E-state index is 13.2. The maximum Gasteiger partial charge on any atom is 0.237 e. The van der Waals surface area contributed by atoms with Crippen molar-refractivity contribution in [2.24, 2.45) is 0 Å². The number of amides is 1. The normalized spacial score (nSPS) is 19.9. The summed E-state index contributed by atoms with van der Waals surface area (Å²) in [5.41, 5.74) is 2.09. The molecule has 0 bridgehead atoms. The molecule has 1 amide bonds. The Hall–Kier alpha value is -2.60. The smallest absolute Gasteiger partial charge is 0.237 e. The topological polar surface area (TPSA) is 42.0 Å². The number of carbonyl (C=O) groups excluding carboxylic acids is 1. The van der Waals surface area contributed by atoms with Crippen LogP contribution in [0.2, 0.25) is 0 Å². The van der Waals surface area contributed by atoms with Crippen LogP contribution in [0.1, 0.15) is 49.4 Å². The monoisotopic (exact) mass is 412 g/mol. The lowest BCUT2D eigenvalue weighted by Gasteiger charge is -2.30. The van der Waals surface area contributed by atoms with E-state index >= 15 is 0 Å². The standard InChI is InChI=1S/C24H29FN2O3/c1-17(18-6-9-20(25)10-7-18)26(2)24(28)16-27-12-3-5-21(27)19-8-11-22-23(15-19)30-14-4-13-29-22/h6-11,15,17,21H,3-5,12-14,16H2,1-2H3/t17-,21+/m1/s1. The van der Waals surface area contributed by atoms with Crippen LogP contribution in [0.15, 0.2) is 42.5 Å². The number of hydrogen-bond acceptors (Lipinski definition) is 4. The van der Waals surface area contributed by atoms with Gasteiger partial charge in [0, 0.05) is 19.5 Å². The fourth-order valence-corrected chi connectivity index (χ4v) is 4.25. The van der Waals surface area contributed by atoms with Gasteiger partial charge in [-0.2, -0.15) is 0 Å². The van der Waals surface area contributed by atoms with Crippen LogP contribution < -0.4 is 9.47 Å². The number of carbonyl (C=O) groups is 1. The molecule has 6 heteroatoms. The molecule has 0 N–H and O–H groups in total. The summed E-state index contributed by atoms with van der Waals surface area (Å²) in [5, 5.41) is 0. The molecule has 0 spiro atoms. The molecule has 2 atom stereocenters. The average molecular weight is 413 g/mol. The minimum absolute atomic E-state index is 0.0630. The highest BCUT2D eigenvalue weighted by molar-refractivity contribution is 5.78. The van der Waals surface area contributed by atoms with Crippen molar-refractivity contribution < 1.29 is 18.7 Å². The lowest BCUT2D eigenvalue weighted by molar-refractivity contribution is -0.133. The maximum atomic E-state index is 13.2. The van der Waals surface area contributed by atoms with Crippen molar-refractivity contribution in [2.75, 3.05) is 33.4 Å². The van der Waals surface area contributed by atoms with Crippen LogP contribution in [0.5, 0.6) is 11.5 Å². The molecule has 0 radical (unpaired) electrons. The molecular weight excluding hydrogens is 383 g/mol. The molecular formula is C24H29FN2O3. The average Bonchev–Trinajstić information content (AvgIpc) is 3.08. The quantitative estimate of drug-likeness (QED) is 0.733. The molecule has 0 unspecified atom stereocenters. The molecule has 0 aliphatic carbocycles. The Kier molecular flexibility index (Phi) is 6.23. The number of nitrogens with zero attached hydrogens (tertiary/aromatic N) is 2. The zero-order valence-electron chi connectivity index (χ0n) is 17.6. The lowest BCUT2D eigenvalue weighted by Crippen LogP contribution is -2.39. The van der Waals surface area contributed by atoms with Crippen molar-refractivity contribution in [3.05, 3.63) is 59.4 Å². The summed E-state index contributed by atoms with van der Waals surface area (Å²) in [6.45, 7) is 4.56. The molecule has 2 aromatic rings. The molecule has 1 fully saturated rings. The Bertz CT molecular complexity index is 887. The van der Waals surface area contributed by atoms with E-state index in [4.69, 9.17) is 9.47 Å². The Morgan fingerprint density at radius 3 is 2.63 bits per heavy atom. The minimum Gasteiger partial charge on any atom is -0.490 e. The summed E-state index contributed by atoms with van der Waals surface area (Å²) in [6.07, 6.45) is 2.96. The third-order valence-electron chi connectivity index (χ3n) is 6.19. The number of ether oxygens (including phenoxy) is 2. The van der Waals surface area contributed by atoms with Gasteiger partial charge in [0.2, 0.25) is 5.91 Å². The van der Waals surface area contributed by atoms with E-state index < -0.39 is 0 Å². The summed E-state index contributed by atoms with van der Waals surface area (Å²) in [7, 11) is 1.81. The summed E-state index contributed by atoms with van der Waals surface area (Å²) >= 11 is 0.